The van der Waals surface area contributed by atoms with Gasteiger partial charge in [-0.3, -0.25) is 4.90 Å². The molecule has 1 aliphatic rings. The second kappa shape index (κ2) is 12.7. The molecule has 9 nitrogen and oxygen atoms in total. The highest BCUT2D eigenvalue weighted by molar-refractivity contribution is 6.28. The summed E-state index contributed by atoms with van der Waals surface area (Å²) < 4.78 is 17.1. The molecule has 2 aromatic carbocycles. The van der Waals surface area contributed by atoms with Crippen LogP contribution in [0.5, 0.6) is 17.2 Å². The van der Waals surface area contributed by atoms with Gasteiger partial charge in [0.15, 0.2) is 11.5 Å². The summed E-state index contributed by atoms with van der Waals surface area (Å²) in [5.41, 5.74) is 3.14. The molecule has 0 spiro atoms. The van der Waals surface area contributed by atoms with Gasteiger partial charge in [-0.1, -0.05) is 6.07 Å². The monoisotopic (exact) mass is 542 g/mol. The minimum absolute atomic E-state index is 0.201. The average molecular weight is 543 g/mol. The number of piperidine rings is 1. The van der Waals surface area contributed by atoms with Crippen molar-refractivity contribution in [1.29, 1.82) is 0 Å². The van der Waals surface area contributed by atoms with E-state index >= 15 is 0 Å². The number of methoxy groups -OCH3 is 2. The fourth-order valence-electron chi connectivity index (χ4n) is 4.80. The van der Waals surface area contributed by atoms with Gasteiger partial charge in [-0.2, -0.15) is 0 Å². The second-order valence-corrected chi connectivity index (χ2v) is 10.4. The average Bonchev–Trinajstić information content (AvgIpc) is 2.89. The van der Waals surface area contributed by atoms with Gasteiger partial charge in [-0.15, -0.1) is 0 Å². The smallest absolute Gasteiger partial charge is 0.224 e. The summed E-state index contributed by atoms with van der Waals surface area (Å²) in [6.07, 6.45) is 1.97. The van der Waals surface area contributed by atoms with Crippen LogP contribution >= 0.6 is 11.6 Å². The van der Waals surface area contributed by atoms with Crippen LogP contribution in [0.2, 0.25) is 5.28 Å². The number of anilines is 2. The van der Waals surface area contributed by atoms with E-state index in [0.29, 0.717) is 29.4 Å². The standard InChI is InChI=1S/C28H39ClN6O3/c1-33(2)14-15-38-24-9-7-8-23(34(3)4)21(24)18-35-12-10-19(11-13-35)30-27-20-16-25(36-5)26(37-6)17-22(20)31-28(29)32-27/h7-9,16-17,19H,10-15,18H2,1-6H3,(H,30,31,32). The van der Waals surface area contributed by atoms with Crippen molar-refractivity contribution in [3.8, 4) is 17.2 Å². The Morgan fingerprint density at radius 2 is 1.71 bits per heavy atom. The van der Waals surface area contributed by atoms with E-state index in [9.17, 15) is 0 Å². The highest BCUT2D eigenvalue weighted by atomic mass is 35.5. The number of rotatable bonds is 11. The van der Waals surface area contributed by atoms with Crippen molar-refractivity contribution in [3.63, 3.8) is 0 Å². The van der Waals surface area contributed by atoms with Crippen LogP contribution in [0, 0.1) is 0 Å². The molecule has 0 unspecified atom stereocenters. The Morgan fingerprint density at radius 3 is 2.37 bits per heavy atom. The summed E-state index contributed by atoms with van der Waals surface area (Å²) in [4.78, 5) is 15.7. The van der Waals surface area contributed by atoms with Crippen molar-refractivity contribution in [2.45, 2.75) is 25.4 Å². The number of hydrogen-bond acceptors (Lipinski definition) is 9. The third kappa shape index (κ3) is 6.70. The van der Waals surface area contributed by atoms with Crippen LogP contribution < -0.4 is 24.4 Å². The van der Waals surface area contributed by atoms with Crippen molar-refractivity contribution in [1.82, 2.24) is 19.8 Å². The van der Waals surface area contributed by atoms with E-state index in [1.165, 1.54) is 11.3 Å². The highest BCUT2D eigenvalue weighted by Crippen LogP contribution is 2.35. The summed E-state index contributed by atoms with van der Waals surface area (Å²) in [6, 6.07) is 10.3. The molecular formula is C28H39ClN6O3. The Hall–Kier alpha value is -3.01. The van der Waals surface area contributed by atoms with Gasteiger partial charge in [0, 0.05) is 69.0 Å². The lowest BCUT2D eigenvalue weighted by Gasteiger charge is -2.34. The lowest BCUT2D eigenvalue weighted by molar-refractivity contribution is 0.205. The first-order chi connectivity index (χ1) is 18.3. The lowest BCUT2D eigenvalue weighted by Crippen LogP contribution is -2.39. The van der Waals surface area contributed by atoms with Crippen LogP contribution in [0.25, 0.3) is 10.9 Å². The molecule has 1 saturated heterocycles. The quantitative estimate of drug-likeness (QED) is 0.355. The van der Waals surface area contributed by atoms with Crippen LogP contribution in [0.1, 0.15) is 18.4 Å². The van der Waals surface area contributed by atoms with Crippen LogP contribution in [-0.2, 0) is 6.54 Å². The van der Waals surface area contributed by atoms with Crippen molar-refractivity contribution in [3.05, 3.63) is 41.2 Å². The van der Waals surface area contributed by atoms with Gasteiger partial charge in [-0.25, -0.2) is 9.97 Å². The number of hydrogen-bond donors (Lipinski definition) is 1. The van der Waals surface area contributed by atoms with E-state index in [2.05, 4.69) is 76.4 Å². The van der Waals surface area contributed by atoms with Crippen molar-refractivity contribution in [2.75, 3.05) is 78.9 Å². The molecule has 0 atom stereocenters. The van der Waals surface area contributed by atoms with Gasteiger partial charge in [0.25, 0.3) is 0 Å². The maximum absolute atomic E-state index is 6.27. The summed E-state index contributed by atoms with van der Waals surface area (Å²) in [5, 5.41) is 4.68. The summed E-state index contributed by atoms with van der Waals surface area (Å²) >= 11 is 6.27. The lowest BCUT2D eigenvalue weighted by atomic mass is 10.0. The first-order valence-electron chi connectivity index (χ1n) is 12.9. The van der Waals surface area contributed by atoms with E-state index in [1.54, 1.807) is 14.2 Å². The van der Waals surface area contributed by atoms with Crippen molar-refractivity contribution in [2.24, 2.45) is 0 Å². The minimum Gasteiger partial charge on any atom is -0.493 e. The molecular weight excluding hydrogens is 504 g/mol. The zero-order chi connectivity index (χ0) is 27.2. The number of nitrogens with one attached hydrogen (secondary N) is 1. The molecule has 0 bridgehead atoms. The van der Waals surface area contributed by atoms with Crippen molar-refractivity contribution < 1.29 is 14.2 Å². The molecule has 0 aliphatic carbocycles. The van der Waals surface area contributed by atoms with Gasteiger partial charge in [-0.05, 0) is 56.7 Å². The Morgan fingerprint density at radius 1 is 1.00 bits per heavy atom. The zero-order valence-electron chi connectivity index (χ0n) is 23.3. The molecule has 38 heavy (non-hydrogen) atoms. The molecule has 206 valence electrons. The van der Waals surface area contributed by atoms with E-state index in [1.807, 2.05) is 12.1 Å². The maximum Gasteiger partial charge on any atom is 0.224 e. The molecule has 2 heterocycles. The van der Waals surface area contributed by atoms with Crippen LogP contribution in [0.3, 0.4) is 0 Å². The predicted octanol–water partition coefficient (Wildman–Crippen LogP) is 4.38. The molecule has 0 saturated carbocycles. The number of fused-ring (bicyclic) bond motifs is 1. The highest BCUT2D eigenvalue weighted by Gasteiger charge is 2.23. The third-order valence-electron chi connectivity index (χ3n) is 6.87. The number of halogens is 1. The number of nitrogens with zero attached hydrogens (tertiary/aromatic N) is 5. The van der Waals surface area contributed by atoms with Gasteiger partial charge in [0.05, 0.1) is 19.7 Å². The van der Waals surface area contributed by atoms with E-state index < -0.39 is 0 Å². The molecule has 10 heteroatoms. The Kier molecular flexibility index (Phi) is 9.35. The normalized spacial score (nSPS) is 14.6. The number of ether oxygens (including phenoxy) is 3. The molecule has 4 rings (SSSR count). The largest absolute Gasteiger partial charge is 0.493 e. The Labute approximate surface area is 230 Å². The summed E-state index contributed by atoms with van der Waals surface area (Å²) in [5.74, 6) is 2.92. The molecule has 1 fully saturated rings. The summed E-state index contributed by atoms with van der Waals surface area (Å²) in [6.45, 7) is 4.31. The van der Waals surface area contributed by atoms with Gasteiger partial charge < -0.3 is 29.3 Å². The minimum atomic E-state index is 0.201. The molecule has 1 aromatic heterocycles. The number of aromatic nitrogens is 2. The molecule has 0 radical (unpaired) electrons. The first kappa shape index (κ1) is 28.0. The maximum atomic E-state index is 6.27. The zero-order valence-corrected chi connectivity index (χ0v) is 24.0. The SMILES string of the molecule is COc1cc2nc(Cl)nc(NC3CCN(Cc4c(OCCN(C)C)cccc4N(C)C)CC3)c2cc1OC. The summed E-state index contributed by atoms with van der Waals surface area (Å²) in [7, 11) is 11.5. The van der Waals surface area contributed by atoms with E-state index in [4.69, 9.17) is 25.8 Å². The van der Waals surface area contributed by atoms with Crippen LogP contribution in [0.4, 0.5) is 11.5 Å². The van der Waals surface area contributed by atoms with Gasteiger partial charge in [0.2, 0.25) is 5.28 Å². The van der Waals surface area contributed by atoms with Gasteiger partial charge >= 0.3 is 0 Å². The van der Waals surface area contributed by atoms with E-state index in [-0.39, 0.29) is 11.3 Å². The number of benzene rings is 2. The van der Waals surface area contributed by atoms with Gasteiger partial charge in [0.1, 0.15) is 18.2 Å². The predicted molar refractivity (Wildman–Crippen MR) is 154 cm³/mol. The molecule has 1 N–H and O–H groups in total. The Balaban J connectivity index is 1.45. The Bertz CT molecular complexity index is 1230. The van der Waals surface area contributed by atoms with Crippen LogP contribution in [0.15, 0.2) is 30.3 Å². The number of likely N-dealkylation sites (N-methyl/N-ethyl adjacent to an activating group) is 1. The molecule has 0 amide bonds. The van der Waals surface area contributed by atoms with E-state index in [0.717, 1.165) is 50.2 Å². The van der Waals surface area contributed by atoms with Crippen molar-refractivity contribution >= 4 is 34.0 Å². The molecule has 3 aromatic rings. The first-order valence-corrected chi connectivity index (χ1v) is 13.3. The molecule has 1 aliphatic heterocycles. The number of likely N-dealkylation sites (tertiary alicyclic amines) is 1. The fraction of sp³-hybridized carbons (Fsp3) is 0.500. The third-order valence-corrected chi connectivity index (χ3v) is 7.04. The topological polar surface area (TPSA) is 75.2 Å². The van der Waals surface area contributed by atoms with Crippen LogP contribution in [-0.4, -0.2) is 94.5 Å². The fourth-order valence-corrected chi connectivity index (χ4v) is 4.97. The second-order valence-electron chi connectivity index (χ2n) is 10.1.